The number of nitrogens with one attached hydrogen (secondary N) is 1. The van der Waals surface area contributed by atoms with Crippen molar-refractivity contribution in [2.24, 2.45) is 0 Å². The van der Waals surface area contributed by atoms with Gasteiger partial charge in [-0.05, 0) is 24.6 Å². The minimum atomic E-state index is -4.68. The molecular weight excluding hydrogens is 482 g/mol. The van der Waals surface area contributed by atoms with Crippen molar-refractivity contribution in [3.63, 3.8) is 0 Å². The molecule has 0 unspecified atom stereocenters. The van der Waals surface area contributed by atoms with Crippen LogP contribution in [0.1, 0.15) is 33.4 Å². The second-order valence-electron chi connectivity index (χ2n) is 7.43. The lowest BCUT2D eigenvalue weighted by Gasteiger charge is -2.10. The Kier molecular flexibility index (Phi) is 6.66. The number of aryl methyl sites for hydroxylation is 1. The highest BCUT2D eigenvalue weighted by atomic mass is 32.1. The number of thiazole rings is 1. The van der Waals surface area contributed by atoms with E-state index in [0.29, 0.717) is 22.7 Å². The topological polar surface area (TPSA) is 64.2 Å². The lowest BCUT2D eigenvalue weighted by Crippen LogP contribution is -2.23. The molecule has 1 amide bonds. The average molecular weight is 499 g/mol. The SMILES string of the molecule is [C-]#[N+]c1ccc(-c2ccn(-c3ccc(CNC(=O)c4scnc4CC)c(F)c3)n2)cc1C(F)(F)F. The van der Waals surface area contributed by atoms with E-state index in [1.807, 2.05) is 6.92 Å². The number of amides is 1. The summed E-state index contributed by atoms with van der Waals surface area (Å²) in [7, 11) is 0. The van der Waals surface area contributed by atoms with E-state index in [-0.39, 0.29) is 29.3 Å². The van der Waals surface area contributed by atoms with Crippen molar-refractivity contribution in [2.75, 3.05) is 0 Å². The van der Waals surface area contributed by atoms with Crippen LogP contribution >= 0.6 is 11.3 Å². The summed E-state index contributed by atoms with van der Waals surface area (Å²) < 4.78 is 55.9. The second-order valence-corrected chi connectivity index (χ2v) is 8.28. The molecule has 0 aliphatic rings. The first-order chi connectivity index (χ1) is 16.7. The quantitative estimate of drug-likeness (QED) is 0.254. The molecule has 0 saturated carbocycles. The van der Waals surface area contributed by atoms with Gasteiger partial charge < -0.3 is 5.32 Å². The van der Waals surface area contributed by atoms with Gasteiger partial charge in [0.25, 0.3) is 5.91 Å². The van der Waals surface area contributed by atoms with Crippen LogP contribution in [0.3, 0.4) is 0 Å². The van der Waals surface area contributed by atoms with Gasteiger partial charge in [-0.3, -0.25) is 4.79 Å². The highest BCUT2D eigenvalue weighted by Crippen LogP contribution is 2.38. The molecule has 0 radical (unpaired) electrons. The normalized spacial score (nSPS) is 11.3. The number of nitrogens with zero attached hydrogens (tertiary/aromatic N) is 4. The van der Waals surface area contributed by atoms with Gasteiger partial charge in [0, 0.05) is 23.9 Å². The molecule has 0 aliphatic heterocycles. The molecule has 0 bridgehead atoms. The van der Waals surface area contributed by atoms with Crippen LogP contribution in [0.4, 0.5) is 23.2 Å². The number of aromatic nitrogens is 3. The summed E-state index contributed by atoms with van der Waals surface area (Å²) in [5, 5.41) is 6.94. The maximum atomic E-state index is 14.7. The summed E-state index contributed by atoms with van der Waals surface area (Å²) >= 11 is 1.22. The maximum absolute atomic E-state index is 14.7. The molecule has 11 heteroatoms. The van der Waals surface area contributed by atoms with Gasteiger partial charge in [-0.2, -0.15) is 18.3 Å². The third-order valence-electron chi connectivity index (χ3n) is 5.23. The summed E-state index contributed by atoms with van der Waals surface area (Å²) in [6.07, 6.45) is -2.56. The molecule has 0 spiro atoms. The van der Waals surface area contributed by atoms with Crippen LogP contribution in [0, 0.1) is 12.4 Å². The number of alkyl halides is 3. The number of rotatable bonds is 6. The fourth-order valence-electron chi connectivity index (χ4n) is 3.43. The van der Waals surface area contributed by atoms with Crippen molar-refractivity contribution in [3.8, 4) is 16.9 Å². The number of hydrogen-bond donors (Lipinski definition) is 1. The molecule has 0 saturated heterocycles. The van der Waals surface area contributed by atoms with Crippen LogP contribution in [0.2, 0.25) is 0 Å². The molecule has 35 heavy (non-hydrogen) atoms. The van der Waals surface area contributed by atoms with Gasteiger partial charge in [-0.15, -0.1) is 11.3 Å². The fourth-order valence-corrected chi connectivity index (χ4v) is 4.22. The first kappa shape index (κ1) is 24.1. The monoisotopic (exact) mass is 499 g/mol. The Hall–Kier alpha value is -4.04. The molecule has 2 heterocycles. The number of carbonyl (C=O) groups excluding carboxylic acids is 1. The predicted molar refractivity (Wildman–Crippen MR) is 123 cm³/mol. The van der Waals surface area contributed by atoms with Gasteiger partial charge in [-0.1, -0.05) is 31.2 Å². The number of carbonyl (C=O) groups is 1. The summed E-state index contributed by atoms with van der Waals surface area (Å²) in [6, 6.07) is 9.18. The van der Waals surface area contributed by atoms with Gasteiger partial charge in [0.2, 0.25) is 0 Å². The van der Waals surface area contributed by atoms with E-state index in [9.17, 15) is 22.4 Å². The van der Waals surface area contributed by atoms with Crippen molar-refractivity contribution >= 4 is 22.9 Å². The van der Waals surface area contributed by atoms with E-state index in [1.165, 1.54) is 46.5 Å². The van der Waals surface area contributed by atoms with Gasteiger partial charge in [0.1, 0.15) is 10.7 Å². The van der Waals surface area contributed by atoms with Crippen LogP contribution < -0.4 is 5.32 Å². The molecular formula is C24H17F4N5OS. The first-order valence-corrected chi connectivity index (χ1v) is 11.2. The standard InChI is InChI=1S/C24H17F4N5OS/c1-3-19-22(35-13-31-19)23(34)30-12-15-4-6-16(11-18(15)25)33-9-8-20(32-33)14-5-7-21(29-2)17(10-14)24(26,27)28/h4-11,13H,3,12H2,1H3,(H,30,34). The number of halogens is 4. The van der Waals surface area contributed by atoms with E-state index in [1.54, 1.807) is 11.6 Å². The minimum absolute atomic E-state index is 0.0238. The molecule has 2 aromatic carbocycles. The lowest BCUT2D eigenvalue weighted by molar-refractivity contribution is -0.136. The Labute approximate surface area is 201 Å². The summed E-state index contributed by atoms with van der Waals surface area (Å²) in [4.78, 5) is 19.9. The molecule has 178 valence electrons. The Bertz CT molecular complexity index is 1430. The third-order valence-corrected chi connectivity index (χ3v) is 6.10. The van der Waals surface area contributed by atoms with Crippen LogP contribution in [0.5, 0.6) is 0 Å². The van der Waals surface area contributed by atoms with Crippen LogP contribution in [-0.2, 0) is 19.1 Å². The second kappa shape index (κ2) is 9.68. The zero-order valence-electron chi connectivity index (χ0n) is 18.2. The van der Waals surface area contributed by atoms with Crippen LogP contribution in [0.25, 0.3) is 21.8 Å². The smallest absolute Gasteiger partial charge is 0.347 e. The first-order valence-electron chi connectivity index (χ1n) is 10.4. The van der Waals surface area contributed by atoms with E-state index < -0.39 is 23.2 Å². The molecule has 6 nitrogen and oxygen atoms in total. The van der Waals surface area contributed by atoms with Crippen LogP contribution in [0.15, 0.2) is 54.2 Å². The molecule has 2 aromatic heterocycles. The van der Waals surface area contributed by atoms with Crippen molar-refractivity contribution in [1.82, 2.24) is 20.1 Å². The van der Waals surface area contributed by atoms with Crippen molar-refractivity contribution in [3.05, 3.63) is 93.1 Å². The van der Waals surface area contributed by atoms with Crippen molar-refractivity contribution in [2.45, 2.75) is 26.1 Å². The summed E-state index contributed by atoms with van der Waals surface area (Å²) in [5.74, 6) is -0.896. The molecule has 4 rings (SSSR count). The Morgan fingerprint density at radius 3 is 2.69 bits per heavy atom. The average Bonchev–Trinajstić information content (AvgIpc) is 3.52. The molecule has 1 N–H and O–H groups in total. The molecule has 0 fully saturated rings. The Morgan fingerprint density at radius 1 is 1.20 bits per heavy atom. The zero-order valence-corrected chi connectivity index (χ0v) is 19.0. The lowest BCUT2D eigenvalue weighted by atomic mass is 10.1. The van der Waals surface area contributed by atoms with Crippen molar-refractivity contribution < 1.29 is 22.4 Å². The Morgan fingerprint density at radius 2 is 2.00 bits per heavy atom. The third kappa shape index (κ3) is 5.07. The van der Waals surface area contributed by atoms with Gasteiger partial charge in [0.15, 0.2) is 5.69 Å². The highest BCUT2D eigenvalue weighted by molar-refractivity contribution is 7.11. The van der Waals surface area contributed by atoms with E-state index in [2.05, 4.69) is 20.2 Å². The van der Waals surface area contributed by atoms with E-state index in [4.69, 9.17) is 6.57 Å². The van der Waals surface area contributed by atoms with Crippen molar-refractivity contribution in [1.29, 1.82) is 0 Å². The zero-order chi connectivity index (χ0) is 25.2. The van der Waals surface area contributed by atoms with Gasteiger partial charge in [-0.25, -0.2) is 18.9 Å². The fraction of sp³-hybridized carbons (Fsp3) is 0.167. The molecule has 0 aliphatic carbocycles. The summed E-state index contributed by atoms with van der Waals surface area (Å²) in [6.45, 7) is 8.81. The minimum Gasteiger partial charge on any atom is -0.347 e. The molecule has 0 atom stereocenters. The summed E-state index contributed by atoms with van der Waals surface area (Å²) in [5.41, 5.74) is 1.77. The van der Waals surface area contributed by atoms with Gasteiger partial charge >= 0.3 is 6.18 Å². The maximum Gasteiger partial charge on any atom is 0.407 e. The van der Waals surface area contributed by atoms with E-state index >= 15 is 0 Å². The largest absolute Gasteiger partial charge is 0.407 e. The highest BCUT2D eigenvalue weighted by Gasteiger charge is 2.33. The van der Waals surface area contributed by atoms with Crippen LogP contribution in [-0.4, -0.2) is 20.7 Å². The Balaban J connectivity index is 1.52. The number of hydrogen-bond acceptors (Lipinski definition) is 4. The number of benzene rings is 2. The van der Waals surface area contributed by atoms with Gasteiger partial charge in [0.05, 0.1) is 34.7 Å². The van der Waals surface area contributed by atoms with E-state index in [0.717, 1.165) is 12.1 Å². The predicted octanol–water partition coefficient (Wildman–Crippen LogP) is 6.20. The molecule has 4 aromatic rings.